The van der Waals surface area contributed by atoms with Crippen molar-refractivity contribution in [3.8, 4) is 5.75 Å². The fraction of sp³-hybridized carbons (Fsp3) is 0.259. The number of carbonyl (C=O) groups excluding carboxylic acids is 1. The number of ether oxygens (including phenoxy) is 1. The van der Waals surface area contributed by atoms with Crippen molar-refractivity contribution in [1.82, 2.24) is 10.6 Å². The van der Waals surface area contributed by atoms with Crippen molar-refractivity contribution >= 4 is 17.6 Å². The average Bonchev–Trinajstić information content (AvgIpc) is 2.85. The summed E-state index contributed by atoms with van der Waals surface area (Å²) in [5, 5.41) is 9.67. The van der Waals surface area contributed by atoms with Gasteiger partial charge in [0.15, 0.2) is 5.96 Å². The molecular formula is C27H30N4O2. The normalized spacial score (nSPS) is 15.4. The van der Waals surface area contributed by atoms with Crippen LogP contribution in [0, 0.1) is 0 Å². The molecule has 0 aromatic heterocycles. The van der Waals surface area contributed by atoms with Gasteiger partial charge in [-0.3, -0.25) is 4.79 Å². The highest BCUT2D eigenvalue weighted by molar-refractivity contribution is 5.94. The molecule has 0 spiro atoms. The van der Waals surface area contributed by atoms with Crippen LogP contribution in [0.15, 0.2) is 83.9 Å². The zero-order valence-corrected chi connectivity index (χ0v) is 18.9. The minimum Gasteiger partial charge on any atom is -0.489 e. The number of nitrogens with one attached hydrogen (secondary N) is 3. The van der Waals surface area contributed by atoms with Gasteiger partial charge in [-0.1, -0.05) is 66.7 Å². The van der Waals surface area contributed by atoms with E-state index in [9.17, 15) is 4.79 Å². The second-order valence-electron chi connectivity index (χ2n) is 7.99. The fourth-order valence-electron chi connectivity index (χ4n) is 3.92. The lowest BCUT2D eigenvalue weighted by molar-refractivity contribution is -0.116. The minimum atomic E-state index is 0.0481. The number of rotatable bonds is 8. The molecule has 170 valence electrons. The minimum absolute atomic E-state index is 0.0481. The topological polar surface area (TPSA) is 74.8 Å². The van der Waals surface area contributed by atoms with E-state index in [2.05, 4.69) is 34.1 Å². The van der Waals surface area contributed by atoms with Gasteiger partial charge in [-0.05, 0) is 30.2 Å². The average molecular weight is 443 g/mol. The molecule has 3 aromatic carbocycles. The molecule has 1 unspecified atom stereocenters. The van der Waals surface area contributed by atoms with Gasteiger partial charge in [0, 0.05) is 36.7 Å². The largest absolute Gasteiger partial charge is 0.489 e. The molecule has 1 heterocycles. The molecule has 6 nitrogen and oxygen atoms in total. The summed E-state index contributed by atoms with van der Waals surface area (Å²) >= 11 is 0. The van der Waals surface area contributed by atoms with E-state index in [1.807, 2.05) is 67.6 Å². The third-order valence-corrected chi connectivity index (χ3v) is 5.58. The number of guanidine groups is 1. The number of anilines is 1. The molecule has 0 saturated carbocycles. The molecule has 1 aliphatic rings. The van der Waals surface area contributed by atoms with Crippen molar-refractivity contribution in [2.75, 3.05) is 18.4 Å². The molecule has 0 radical (unpaired) electrons. The van der Waals surface area contributed by atoms with Crippen LogP contribution < -0.4 is 20.7 Å². The van der Waals surface area contributed by atoms with Crippen molar-refractivity contribution in [2.45, 2.75) is 32.4 Å². The van der Waals surface area contributed by atoms with Gasteiger partial charge in [0.2, 0.25) is 5.91 Å². The van der Waals surface area contributed by atoms with Crippen LogP contribution in [0.3, 0.4) is 0 Å². The number of carbonyl (C=O) groups is 1. The Kier molecular flexibility index (Phi) is 7.59. The predicted molar refractivity (Wildman–Crippen MR) is 132 cm³/mol. The Morgan fingerprint density at radius 3 is 2.61 bits per heavy atom. The summed E-state index contributed by atoms with van der Waals surface area (Å²) < 4.78 is 6.07. The molecule has 0 bridgehead atoms. The Morgan fingerprint density at radius 2 is 1.76 bits per heavy atom. The fourth-order valence-corrected chi connectivity index (χ4v) is 3.92. The van der Waals surface area contributed by atoms with E-state index < -0.39 is 0 Å². The Morgan fingerprint density at radius 1 is 1.00 bits per heavy atom. The number of benzene rings is 3. The van der Waals surface area contributed by atoms with Crippen molar-refractivity contribution < 1.29 is 9.53 Å². The quantitative estimate of drug-likeness (QED) is 0.356. The molecule has 6 heteroatoms. The van der Waals surface area contributed by atoms with Crippen molar-refractivity contribution in [3.05, 3.63) is 95.6 Å². The van der Waals surface area contributed by atoms with E-state index in [4.69, 9.17) is 9.73 Å². The number of para-hydroxylation sites is 2. The van der Waals surface area contributed by atoms with Crippen LogP contribution in [0.2, 0.25) is 0 Å². The number of amides is 1. The summed E-state index contributed by atoms with van der Waals surface area (Å²) in [6, 6.07) is 26.1. The van der Waals surface area contributed by atoms with Crippen LogP contribution in [0.1, 0.15) is 36.0 Å². The molecule has 1 amide bonds. The second-order valence-corrected chi connectivity index (χ2v) is 7.99. The standard InChI is InChI=1S/C27H30N4O2/c1-2-28-27(30-18-22-16-26(32)31-24-14-8-7-13-23(22)24)29-17-21-12-6-9-15-25(21)33-19-20-10-4-3-5-11-20/h3-15,22H,2,16-19H2,1H3,(H,31,32)(H2,28,29,30). The van der Waals surface area contributed by atoms with E-state index in [1.54, 1.807) is 0 Å². The summed E-state index contributed by atoms with van der Waals surface area (Å²) in [7, 11) is 0. The molecule has 1 atom stereocenters. The van der Waals surface area contributed by atoms with E-state index in [0.717, 1.165) is 40.6 Å². The molecule has 1 aliphatic heterocycles. The van der Waals surface area contributed by atoms with Gasteiger partial charge in [-0.2, -0.15) is 0 Å². The number of hydrogen-bond donors (Lipinski definition) is 3. The Hall–Kier alpha value is -3.80. The van der Waals surface area contributed by atoms with E-state index in [1.165, 1.54) is 0 Å². The highest BCUT2D eigenvalue weighted by Crippen LogP contribution is 2.31. The van der Waals surface area contributed by atoms with Gasteiger partial charge in [-0.15, -0.1) is 0 Å². The van der Waals surface area contributed by atoms with Gasteiger partial charge in [0.25, 0.3) is 0 Å². The molecular weight excluding hydrogens is 412 g/mol. The molecule has 0 fully saturated rings. The highest BCUT2D eigenvalue weighted by atomic mass is 16.5. The maximum atomic E-state index is 12.1. The van der Waals surface area contributed by atoms with Crippen LogP contribution in [-0.2, 0) is 17.9 Å². The van der Waals surface area contributed by atoms with Gasteiger partial charge in [0.05, 0.1) is 6.54 Å². The third-order valence-electron chi connectivity index (χ3n) is 5.58. The number of aliphatic imine (C=N–C) groups is 1. The summed E-state index contributed by atoms with van der Waals surface area (Å²) in [5.74, 6) is 1.70. The lowest BCUT2D eigenvalue weighted by Crippen LogP contribution is -2.40. The Bertz CT molecular complexity index is 1100. The van der Waals surface area contributed by atoms with Crippen LogP contribution >= 0.6 is 0 Å². The smallest absolute Gasteiger partial charge is 0.225 e. The third kappa shape index (κ3) is 6.13. The first kappa shape index (κ1) is 22.4. The molecule has 3 N–H and O–H groups in total. The van der Waals surface area contributed by atoms with E-state index >= 15 is 0 Å². The maximum Gasteiger partial charge on any atom is 0.225 e. The predicted octanol–water partition coefficient (Wildman–Crippen LogP) is 4.45. The van der Waals surface area contributed by atoms with Crippen LogP contribution in [0.4, 0.5) is 5.69 Å². The van der Waals surface area contributed by atoms with Crippen molar-refractivity contribution in [1.29, 1.82) is 0 Å². The number of fused-ring (bicyclic) bond motifs is 1. The molecule has 3 aromatic rings. The first-order valence-corrected chi connectivity index (χ1v) is 11.4. The first-order valence-electron chi connectivity index (χ1n) is 11.4. The lowest BCUT2D eigenvalue weighted by atomic mass is 9.90. The van der Waals surface area contributed by atoms with E-state index in [-0.39, 0.29) is 11.8 Å². The zero-order chi connectivity index (χ0) is 22.9. The maximum absolute atomic E-state index is 12.1. The van der Waals surface area contributed by atoms with E-state index in [0.29, 0.717) is 26.1 Å². The summed E-state index contributed by atoms with van der Waals surface area (Å²) in [4.78, 5) is 16.9. The monoisotopic (exact) mass is 442 g/mol. The zero-order valence-electron chi connectivity index (χ0n) is 18.9. The molecule has 4 rings (SSSR count). The Balaban J connectivity index is 1.41. The molecule has 0 aliphatic carbocycles. The van der Waals surface area contributed by atoms with Crippen molar-refractivity contribution in [3.63, 3.8) is 0 Å². The van der Waals surface area contributed by atoms with Gasteiger partial charge < -0.3 is 20.7 Å². The van der Waals surface area contributed by atoms with Gasteiger partial charge >= 0.3 is 0 Å². The molecule has 33 heavy (non-hydrogen) atoms. The second kappa shape index (κ2) is 11.2. The number of hydrogen-bond acceptors (Lipinski definition) is 3. The number of nitrogens with zero attached hydrogens (tertiary/aromatic N) is 1. The van der Waals surface area contributed by atoms with Gasteiger partial charge in [0.1, 0.15) is 12.4 Å². The van der Waals surface area contributed by atoms with Crippen LogP contribution in [0.5, 0.6) is 5.75 Å². The van der Waals surface area contributed by atoms with Crippen LogP contribution in [-0.4, -0.2) is 25.0 Å². The summed E-state index contributed by atoms with van der Waals surface area (Å²) in [6.07, 6.45) is 0.458. The van der Waals surface area contributed by atoms with Gasteiger partial charge in [-0.25, -0.2) is 4.99 Å². The van der Waals surface area contributed by atoms with Crippen molar-refractivity contribution in [2.24, 2.45) is 4.99 Å². The summed E-state index contributed by atoms with van der Waals surface area (Å²) in [5.41, 5.74) is 4.20. The molecule has 0 saturated heterocycles. The van der Waals surface area contributed by atoms with Crippen LogP contribution in [0.25, 0.3) is 0 Å². The lowest BCUT2D eigenvalue weighted by Gasteiger charge is -2.26. The SMILES string of the molecule is CCNC(=NCc1ccccc1OCc1ccccc1)NCC1CC(=O)Nc2ccccc21. The Labute approximate surface area is 195 Å². The first-order chi connectivity index (χ1) is 16.2. The highest BCUT2D eigenvalue weighted by Gasteiger charge is 2.24. The summed E-state index contributed by atoms with van der Waals surface area (Å²) in [6.45, 7) is 4.42.